The summed E-state index contributed by atoms with van der Waals surface area (Å²) in [5.74, 6) is 1.78. The van der Waals surface area contributed by atoms with Crippen LogP contribution in [-0.2, 0) is 6.54 Å². The molecule has 0 aliphatic rings. The molecule has 0 fully saturated rings. The first-order valence-corrected chi connectivity index (χ1v) is 9.43. The molecule has 0 spiro atoms. The molecule has 0 aliphatic heterocycles. The number of amides is 1. The van der Waals surface area contributed by atoms with Gasteiger partial charge in [0.25, 0.3) is 5.91 Å². The van der Waals surface area contributed by atoms with Crippen LogP contribution in [0.2, 0.25) is 0 Å². The molecule has 1 heterocycles. The molecule has 0 radical (unpaired) electrons. The average Bonchev–Trinajstić information content (AvgIpc) is 2.66. The molecule has 27 heavy (non-hydrogen) atoms. The molecule has 0 atom stereocenters. The van der Waals surface area contributed by atoms with E-state index in [1.165, 1.54) is 0 Å². The van der Waals surface area contributed by atoms with Gasteiger partial charge in [0, 0.05) is 30.5 Å². The molecule has 5 heteroatoms. The number of hydrogen-bond donors (Lipinski definition) is 0. The van der Waals surface area contributed by atoms with Gasteiger partial charge in [-0.1, -0.05) is 19.9 Å². The summed E-state index contributed by atoms with van der Waals surface area (Å²) < 4.78 is 11.3. The third-order valence-electron chi connectivity index (χ3n) is 4.32. The van der Waals surface area contributed by atoms with E-state index >= 15 is 0 Å². The first-order chi connectivity index (χ1) is 12.9. The number of pyridine rings is 1. The van der Waals surface area contributed by atoms with E-state index in [0.717, 1.165) is 12.0 Å². The number of carbonyl (C=O) groups is 1. The van der Waals surface area contributed by atoms with Crippen LogP contribution in [0.15, 0.2) is 42.7 Å². The van der Waals surface area contributed by atoms with E-state index in [-0.39, 0.29) is 11.9 Å². The maximum Gasteiger partial charge on any atom is 0.254 e. The standard InChI is InChI=1S/C22H30N2O3/c1-16(2)10-12-27-20-9-8-19(13-21(20)26-5)22(25)24(17(3)4)15-18-7-6-11-23-14-18/h6-9,11,13-14,16-17H,10,12,15H2,1-5H3. The summed E-state index contributed by atoms with van der Waals surface area (Å²) in [6.45, 7) is 9.47. The molecule has 2 rings (SSSR count). The molecular weight excluding hydrogens is 340 g/mol. The van der Waals surface area contributed by atoms with E-state index in [2.05, 4.69) is 18.8 Å². The largest absolute Gasteiger partial charge is 0.493 e. The van der Waals surface area contributed by atoms with Crippen molar-refractivity contribution in [3.63, 3.8) is 0 Å². The van der Waals surface area contributed by atoms with E-state index in [4.69, 9.17) is 9.47 Å². The Labute approximate surface area is 162 Å². The number of benzene rings is 1. The normalized spacial score (nSPS) is 10.9. The van der Waals surface area contributed by atoms with Crippen molar-refractivity contribution in [3.05, 3.63) is 53.9 Å². The topological polar surface area (TPSA) is 51.7 Å². The van der Waals surface area contributed by atoms with Gasteiger partial charge in [0.1, 0.15) is 0 Å². The van der Waals surface area contributed by atoms with Crippen LogP contribution >= 0.6 is 0 Å². The van der Waals surface area contributed by atoms with Crippen molar-refractivity contribution in [1.29, 1.82) is 0 Å². The van der Waals surface area contributed by atoms with Gasteiger partial charge in [-0.2, -0.15) is 0 Å². The van der Waals surface area contributed by atoms with Crippen LogP contribution in [0.1, 0.15) is 50.0 Å². The van der Waals surface area contributed by atoms with Gasteiger partial charge in [-0.15, -0.1) is 0 Å². The van der Waals surface area contributed by atoms with Gasteiger partial charge in [0.05, 0.1) is 13.7 Å². The SMILES string of the molecule is COc1cc(C(=O)N(Cc2cccnc2)C(C)C)ccc1OCCC(C)C. The molecule has 2 aromatic rings. The first kappa shape index (κ1) is 20.7. The van der Waals surface area contributed by atoms with Gasteiger partial charge in [-0.05, 0) is 56.0 Å². The second-order valence-corrected chi connectivity index (χ2v) is 7.28. The third kappa shape index (κ3) is 5.98. The van der Waals surface area contributed by atoms with Gasteiger partial charge < -0.3 is 14.4 Å². The first-order valence-electron chi connectivity index (χ1n) is 9.43. The highest BCUT2D eigenvalue weighted by Gasteiger charge is 2.21. The second-order valence-electron chi connectivity index (χ2n) is 7.28. The minimum atomic E-state index is -0.0408. The highest BCUT2D eigenvalue weighted by Crippen LogP contribution is 2.29. The van der Waals surface area contributed by atoms with Crippen LogP contribution in [0.3, 0.4) is 0 Å². The summed E-state index contributed by atoms with van der Waals surface area (Å²) in [5.41, 5.74) is 1.58. The number of aromatic nitrogens is 1. The highest BCUT2D eigenvalue weighted by atomic mass is 16.5. The van der Waals surface area contributed by atoms with Crippen LogP contribution in [0.25, 0.3) is 0 Å². The highest BCUT2D eigenvalue weighted by molar-refractivity contribution is 5.95. The summed E-state index contributed by atoms with van der Waals surface area (Å²) in [5, 5.41) is 0. The average molecular weight is 370 g/mol. The fourth-order valence-corrected chi connectivity index (χ4v) is 2.67. The minimum Gasteiger partial charge on any atom is -0.493 e. The Kier molecular flexibility index (Phi) is 7.65. The second kappa shape index (κ2) is 9.95. The van der Waals surface area contributed by atoms with E-state index in [1.54, 1.807) is 31.6 Å². The Hall–Kier alpha value is -2.56. The van der Waals surface area contributed by atoms with E-state index in [0.29, 0.717) is 36.1 Å². The number of rotatable bonds is 9. The lowest BCUT2D eigenvalue weighted by Crippen LogP contribution is -2.36. The fraction of sp³-hybridized carbons (Fsp3) is 0.455. The molecule has 0 N–H and O–H groups in total. The molecule has 1 amide bonds. The summed E-state index contributed by atoms with van der Waals surface area (Å²) in [6, 6.07) is 9.28. The van der Waals surface area contributed by atoms with Gasteiger partial charge in [-0.25, -0.2) is 0 Å². The molecule has 1 aromatic heterocycles. The molecule has 1 aromatic carbocycles. The quantitative estimate of drug-likeness (QED) is 0.649. The lowest BCUT2D eigenvalue weighted by Gasteiger charge is -2.27. The number of methoxy groups -OCH3 is 1. The monoisotopic (exact) mass is 370 g/mol. The fourth-order valence-electron chi connectivity index (χ4n) is 2.67. The number of nitrogens with zero attached hydrogens (tertiary/aromatic N) is 2. The van der Waals surface area contributed by atoms with Crippen LogP contribution in [0.5, 0.6) is 11.5 Å². The number of hydrogen-bond acceptors (Lipinski definition) is 4. The smallest absolute Gasteiger partial charge is 0.254 e. The minimum absolute atomic E-state index is 0.0408. The van der Waals surface area contributed by atoms with E-state index in [9.17, 15) is 4.79 Å². The lowest BCUT2D eigenvalue weighted by molar-refractivity contribution is 0.0689. The Morgan fingerprint density at radius 3 is 2.52 bits per heavy atom. The molecule has 0 saturated heterocycles. The predicted octanol–water partition coefficient (Wildman–Crippen LogP) is 4.57. The van der Waals surface area contributed by atoms with Crippen LogP contribution in [-0.4, -0.2) is 35.5 Å². The zero-order valence-corrected chi connectivity index (χ0v) is 16.9. The molecule has 5 nitrogen and oxygen atoms in total. The van der Waals surface area contributed by atoms with Gasteiger partial charge in [-0.3, -0.25) is 9.78 Å². The van der Waals surface area contributed by atoms with Gasteiger partial charge in [0.2, 0.25) is 0 Å². The summed E-state index contributed by atoms with van der Waals surface area (Å²) >= 11 is 0. The van der Waals surface area contributed by atoms with E-state index < -0.39 is 0 Å². The summed E-state index contributed by atoms with van der Waals surface area (Å²) in [4.78, 5) is 19.0. The van der Waals surface area contributed by atoms with Crippen LogP contribution < -0.4 is 9.47 Å². The Morgan fingerprint density at radius 1 is 1.15 bits per heavy atom. The van der Waals surface area contributed by atoms with Crippen molar-refractivity contribution in [1.82, 2.24) is 9.88 Å². The van der Waals surface area contributed by atoms with Crippen molar-refractivity contribution in [3.8, 4) is 11.5 Å². The maximum absolute atomic E-state index is 13.1. The number of ether oxygens (including phenoxy) is 2. The zero-order chi connectivity index (χ0) is 19.8. The van der Waals surface area contributed by atoms with E-state index in [1.807, 2.05) is 36.9 Å². The van der Waals surface area contributed by atoms with Crippen LogP contribution in [0, 0.1) is 5.92 Å². The van der Waals surface area contributed by atoms with Crippen molar-refractivity contribution in [2.75, 3.05) is 13.7 Å². The Balaban J connectivity index is 2.17. The Morgan fingerprint density at radius 2 is 1.93 bits per heavy atom. The van der Waals surface area contributed by atoms with Crippen molar-refractivity contribution < 1.29 is 14.3 Å². The molecule has 146 valence electrons. The van der Waals surface area contributed by atoms with Gasteiger partial charge >= 0.3 is 0 Å². The zero-order valence-electron chi connectivity index (χ0n) is 16.9. The lowest BCUT2D eigenvalue weighted by atomic mass is 10.1. The maximum atomic E-state index is 13.1. The third-order valence-corrected chi connectivity index (χ3v) is 4.32. The molecule has 0 unspecified atom stereocenters. The van der Waals surface area contributed by atoms with Crippen molar-refractivity contribution >= 4 is 5.91 Å². The van der Waals surface area contributed by atoms with Gasteiger partial charge in [0.15, 0.2) is 11.5 Å². The summed E-state index contributed by atoms with van der Waals surface area (Å²) in [6.07, 6.45) is 4.49. The number of carbonyl (C=O) groups excluding carboxylic acids is 1. The van der Waals surface area contributed by atoms with Crippen molar-refractivity contribution in [2.24, 2.45) is 5.92 Å². The van der Waals surface area contributed by atoms with Crippen molar-refractivity contribution in [2.45, 2.75) is 46.7 Å². The predicted molar refractivity (Wildman–Crippen MR) is 107 cm³/mol. The van der Waals surface area contributed by atoms with Crippen LogP contribution in [0.4, 0.5) is 0 Å². The molecule has 0 saturated carbocycles. The molecule has 0 aliphatic carbocycles. The summed E-state index contributed by atoms with van der Waals surface area (Å²) in [7, 11) is 1.59. The molecule has 0 bridgehead atoms. The molecular formula is C22H30N2O3. The Bertz CT molecular complexity index is 730.